The number of hydrogen-bond acceptors (Lipinski definition) is 3. The van der Waals surface area contributed by atoms with Crippen molar-refractivity contribution in [2.45, 2.75) is 18.9 Å². The molecule has 1 heterocycles. The SMILES string of the molecule is N[C@H]1CCN(CCCOc2ccccc2)C1. The molecule has 1 atom stereocenters. The first kappa shape index (κ1) is 11.4. The van der Waals surface area contributed by atoms with Crippen molar-refractivity contribution in [1.29, 1.82) is 0 Å². The van der Waals surface area contributed by atoms with E-state index in [9.17, 15) is 0 Å². The first-order valence-corrected chi connectivity index (χ1v) is 6.00. The molecule has 1 saturated heterocycles. The lowest BCUT2D eigenvalue weighted by molar-refractivity contribution is 0.262. The molecule has 0 saturated carbocycles. The van der Waals surface area contributed by atoms with Gasteiger partial charge in [-0.25, -0.2) is 0 Å². The van der Waals surface area contributed by atoms with Gasteiger partial charge in [0.15, 0.2) is 0 Å². The summed E-state index contributed by atoms with van der Waals surface area (Å²) in [6.07, 6.45) is 2.21. The van der Waals surface area contributed by atoms with E-state index in [0.717, 1.165) is 44.8 Å². The van der Waals surface area contributed by atoms with Crippen LogP contribution in [0.4, 0.5) is 0 Å². The molecule has 0 spiro atoms. The lowest BCUT2D eigenvalue weighted by Crippen LogP contribution is -2.28. The van der Waals surface area contributed by atoms with Crippen molar-refractivity contribution in [1.82, 2.24) is 4.90 Å². The van der Waals surface area contributed by atoms with Crippen LogP contribution in [-0.4, -0.2) is 37.2 Å². The Labute approximate surface area is 97.2 Å². The van der Waals surface area contributed by atoms with Gasteiger partial charge in [0.2, 0.25) is 0 Å². The van der Waals surface area contributed by atoms with E-state index in [0.29, 0.717) is 6.04 Å². The molecule has 16 heavy (non-hydrogen) atoms. The molecule has 1 aromatic carbocycles. The van der Waals surface area contributed by atoms with Gasteiger partial charge in [-0.15, -0.1) is 0 Å². The summed E-state index contributed by atoms with van der Waals surface area (Å²) in [6.45, 7) is 4.08. The average molecular weight is 220 g/mol. The molecule has 2 N–H and O–H groups in total. The number of hydrogen-bond donors (Lipinski definition) is 1. The number of rotatable bonds is 5. The minimum Gasteiger partial charge on any atom is -0.494 e. The predicted molar refractivity (Wildman–Crippen MR) is 65.6 cm³/mol. The van der Waals surface area contributed by atoms with Crippen LogP contribution in [0.25, 0.3) is 0 Å². The number of ether oxygens (including phenoxy) is 1. The molecule has 2 rings (SSSR count). The van der Waals surface area contributed by atoms with Crippen molar-refractivity contribution in [2.24, 2.45) is 5.73 Å². The molecule has 1 fully saturated rings. The second-order valence-electron chi connectivity index (χ2n) is 4.36. The minimum atomic E-state index is 0.384. The first-order chi connectivity index (χ1) is 7.84. The normalized spacial score (nSPS) is 21.2. The molecule has 88 valence electrons. The van der Waals surface area contributed by atoms with Crippen molar-refractivity contribution < 1.29 is 4.74 Å². The van der Waals surface area contributed by atoms with Crippen LogP contribution in [-0.2, 0) is 0 Å². The molecular weight excluding hydrogens is 200 g/mol. The Morgan fingerprint density at radius 1 is 1.31 bits per heavy atom. The molecule has 3 nitrogen and oxygen atoms in total. The van der Waals surface area contributed by atoms with E-state index in [1.807, 2.05) is 30.3 Å². The highest BCUT2D eigenvalue weighted by Gasteiger charge is 2.17. The third-order valence-corrected chi connectivity index (χ3v) is 2.94. The van der Waals surface area contributed by atoms with Gasteiger partial charge in [0.25, 0.3) is 0 Å². The maximum absolute atomic E-state index is 5.85. The monoisotopic (exact) mass is 220 g/mol. The van der Waals surface area contributed by atoms with E-state index in [1.54, 1.807) is 0 Å². The zero-order valence-corrected chi connectivity index (χ0v) is 9.64. The maximum atomic E-state index is 5.85. The van der Waals surface area contributed by atoms with Gasteiger partial charge in [-0.3, -0.25) is 0 Å². The van der Waals surface area contributed by atoms with Gasteiger partial charge in [0.05, 0.1) is 6.61 Å². The Bertz CT molecular complexity index is 302. The van der Waals surface area contributed by atoms with Gasteiger partial charge in [0, 0.05) is 19.1 Å². The number of likely N-dealkylation sites (tertiary alicyclic amines) is 1. The quantitative estimate of drug-likeness (QED) is 0.764. The fourth-order valence-corrected chi connectivity index (χ4v) is 2.06. The molecule has 0 aliphatic carbocycles. The number of nitrogens with zero attached hydrogens (tertiary/aromatic N) is 1. The summed E-state index contributed by atoms with van der Waals surface area (Å²) >= 11 is 0. The molecular formula is C13H20N2O. The van der Waals surface area contributed by atoms with Crippen molar-refractivity contribution in [3.63, 3.8) is 0 Å². The van der Waals surface area contributed by atoms with Crippen molar-refractivity contribution in [2.75, 3.05) is 26.2 Å². The van der Waals surface area contributed by atoms with E-state index < -0.39 is 0 Å². The van der Waals surface area contributed by atoms with Gasteiger partial charge < -0.3 is 15.4 Å². The topological polar surface area (TPSA) is 38.5 Å². The summed E-state index contributed by atoms with van der Waals surface area (Å²) in [5, 5.41) is 0. The van der Waals surface area contributed by atoms with Crippen LogP contribution in [0.2, 0.25) is 0 Å². The predicted octanol–water partition coefficient (Wildman–Crippen LogP) is 1.49. The van der Waals surface area contributed by atoms with E-state index in [4.69, 9.17) is 10.5 Å². The second kappa shape index (κ2) is 5.87. The van der Waals surface area contributed by atoms with Crippen molar-refractivity contribution in [3.8, 4) is 5.75 Å². The highest BCUT2D eigenvalue weighted by atomic mass is 16.5. The molecule has 1 aliphatic rings. The van der Waals surface area contributed by atoms with Crippen LogP contribution >= 0.6 is 0 Å². The smallest absolute Gasteiger partial charge is 0.119 e. The Morgan fingerprint density at radius 2 is 2.12 bits per heavy atom. The summed E-state index contributed by atoms with van der Waals surface area (Å²) in [5.74, 6) is 0.959. The summed E-state index contributed by atoms with van der Waals surface area (Å²) in [6, 6.07) is 10.4. The van der Waals surface area contributed by atoms with Gasteiger partial charge in [0.1, 0.15) is 5.75 Å². The molecule has 0 amide bonds. The summed E-state index contributed by atoms with van der Waals surface area (Å²) in [5.41, 5.74) is 5.85. The van der Waals surface area contributed by atoms with Gasteiger partial charge in [-0.05, 0) is 31.5 Å². The zero-order chi connectivity index (χ0) is 11.2. The highest BCUT2D eigenvalue weighted by Crippen LogP contribution is 2.10. The van der Waals surface area contributed by atoms with Crippen LogP contribution in [0.5, 0.6) is 5.75 Å². The standard InChI is InChI=1S/C13H20N2O/c14-12-7-9-15(11-12)8-4-10-16-13-5-2-1-3-6-13/h1-3,5-6,12H,4,7-11,14H2/t12-/m0/s1. The third kappa shape index (κ3) is 3.51. The van der Waals surface area contributed by atoms with Crippen LogP contribution in [0.3, 0.4) is 0 Å². The van der Waals surface area contributed by atoms with E-state index >= 15 is 0 Å². The number of para-hydroxylation sites is 1. The van der Waals surface area contributed by atoms with Crippen molar-refractivity contribution >= 4 is 0 Å². The Hall–Kier alpha value is -1.06. The number of benzene rings is 1. The lowest BCUT2D eigenvalue weighted by atomic mass is 10.3. The molecule has 0 radical (unpaired) electrons. The Morgan fingerprint density at radius 3 is 2.81 bits per heavy atom. The number of nitrogens with two attached hydrogens (primary N) is 1. The fourth-order valence-electron chi connectivity index (χ4n) is 2.06. The molecule has 1 aromatic rings. The Kier molecular flexibility index (Phi) is 4.19. The van der Waals surface area contributed by atoms with Crippen LogP contribution in [0, 0.1) is 0 Å². The second-order valence-corrected chi connectivity index (χ2v) is 4.36. The van der Waals surface area contributed by atoms with Gasteiger partial charge in [-0.2, -0.15) is 0 Å². The Balaban J connectivity index is 1.59. The average Bonchev–Trinajstić information content (AvgIpc) is 2.72. The largest absolute Gasteiger partial charge is 0.494 e. The first-order valence-electron chi connectivity index (χ1n) is 6.00. The summed E-state index contributed by atoms with van der Waals surface area (Å²) in [4.78, 5) is 2.42. The van der Waals surface area contributed by atoms with Crippen LogP contribution in [0.15, 0.2) is 30.3 Å². The third-order valence-electron chi connectivity index (χ3n) is 2.94. The molecule has 1 aliphatic heterocycles. The molecule has 3 heteroatoms. The fraction of sp³-hybridized carbons (Fsp3) is 0.538. The molecule has 0 unspecified atom stereocenters. The lowest BCUT2D eigenvalue weighted by Gasteiger charge is -2.14. The van der Waals surface area contributed by atoms with E-state index in [-0.39, 0.29) is 0 Å². The molecule has 0 bridgehead atoms. The van der Waals surface area contributed by atoms with Crippen molar-refractivity contribution in [3.05, 3.63) is 30.3 Å². The maximum Gasteiger partial charge on any atom is 0.119 e. The highest BCUT2D eigenvalue weighted by molar-refractivity contribution is 5.20. The minimum absolute atomic E-state index is 0.384. The van der Waals surface area contributed by atoms with Crippen LogP contribution in [0.1, 0.15) is 12.8 Å². The zero-order valence-electron chi connectivity index (χ0n) is 9.64. The van der Waals surface area contributed by atoms with E-state index in [1.165, 1.54) is 0 Å². The molecule has 0 aromatic heterocycles. The van der Waals surface area contributed by atoms with E-state index in [2.05, 4.69) is 4.90 Å². The van der Waals surface area contributed by atoms with Gasteiger partial charge in [-0.1, -0.05) is 18.2 Å². The van der Waals surface area contributed by atoms with Gasteiger partial charge >= 0.3 is 0 Å². The summed E-state index contributed by atoms with van der Waals surface area (Å²) in [7, 11) is 0. The van der Waals surface area contributed by atoms with Crippen LogP contribution < -0.4 is 10.5 Å². The summed E-state index contributed by atoms with van der Waals surface area (Å²) < 4.78 is 5.63.